The van der Waals surface area contributed by atoms with E-state index >= 15 is 0 Å². The Hall–Kier alpha value is -3.07. The Morgan fingerprint density at radius 2 is 1.73 bits per heavy atom. The minimum Gasteiger partial charge on any atom is -0.497 e. The lowest BCUT2D eigenvalue weighted by Crippen LogP contribution is -2.20. The van der Waals surface area contributed by atoms with Gasteiger partial charge in [0.2, 0.25) is 0 Å². The number of ether oxygens (including phenoxy) is 3. The lowest BCUT2D eigenvalue weighted by molar-refractivity contribution is -0.384. The molecule has 0 aliphatic rings. The molecule has 2 aromatic carbocycles. The van der Waals surface area contributed by atoms with Gasteiger partial charge in [0.15, 0.2) is 5.11 Å². The highest BCUT2D eigenvalue weighted by atomic mass is 32.1. The van der Waals surface area contributed by atoms with E-state index in [0.717, 1.165) is 0 Å². The Bertz CT molecular complexity index is 813. The average Bonchev–Trinajstić information content (AvgIpc) is 2.63. The van der Waals surface area contributed by atoms with Crippen LogP contribution < -0.4 is 24.8 Å². The SMILES string of the molecule is CCOc1ccc(NC(=S)Nc2ccc(OC)cc2OC)c([N+](=O)[O-])c1. The van der Waals surface area contributed by atoms with Crippen molar-refractivity contribution in [3.05, 3.63) is 46.5 Å². The number of hydrogen-bond donors (Lipinski definition) is 2. The number of hydrogen-bond acceptors (Lipinski definition) is 6. The van der Waals surface area contributed by atoms with Gasteiger partial charge in [0.1, 0.15) is 22.9 Å². The van der Waals surface area contributed by atoms with Gasteiger partial charge in [-0.15, -0.1) is 0 Å². The summed E-state index contributed by atoms with van der Waals surface area (Å²) in [6, 6.07) is 9.70. The van der Waals surface area contributed by atoms with E-state index in [2.05, 4.69) is 10.6 Å². The van der Waals surface area contributed by atoms with Crippen molar-refractivity contribution < 1.29 is 19.1 Å². The molecule has 0 fully saturated rings. The van der Waals surface area contributed by atoms with Gasteiger partial charge in [0.25, 0.3) is 5.69 Å². The molecule has 0 atom stereocenters. The first-order chi connectivity index (χ1) is 12.5. The molecular formula is C17H19N3O5S. The lowest BCUT2D eigenvalue weighted by Gasteiger charge is -2.14. The normalized spacial score (nSPS) is 9.96. The Morgan fingerprint density at radius 1 is 1.08 bits per heavy atom. The third-order valence-corrected chi connectivity index (χ3v) is 3.59. The van der Waals surface area contributed by atoms with Crippen LogP contribution in [-0.4, -0.2) is 30.9 Å². The van der Waals surface area contributed by atoms with Gasteiger partial charge in [-0.1, -0.05) is 0 Å². The van der Waals surface area contributed by atoms with Crippen LogP contribution in [0.1, 0.15) is 6.92 Å². The predicted molar refractivity (Wildman–Crippen MR) is 104 cm³/mol. The highest BCUT2D eigenvalue weighted by Gasteiger charge is 2.17. The van der Waals surface area contributed by atoms with Gasteiger partial charge >= 0.3 is 0 Å². The summed E-state index contributed by atoms with van der Waals surface area (Å²) in [5.74, 6) is 1.57. The van der Waals surface area contributed by atoms with E-state index in [1.54, 1.807) is 44.4 Å². The van der Waals surface area contributed by atoms with Gasteiger partial charge in [-0.05, 0) is 43.4 Å². The van der Waals surface area contributed by atoms with Crippen LogP contribution in [-0.2, 0) is 0 Å². The number of nitrogens with one attached hydrogen (secondary N) is 2. The Labute approximate surface area is 156 Å². The summed E-state index contributed by atoms with van der Waals surface area (Å²) in [4.78, 5) is 10.8. The number of nitro benzene ring substituents is 1. The van der Waals surface area contributed by atoms with E-state index in [-0.39, 0.29) is 16.5 Å². The highest BCUT2D eigenvalue weighted by molar-refractivity contribution is 7.80. The Morgan fingerprint density at radius 3 is 2.35 bits per heavy atom. The van der Waals surface area contributed by atoms with Gasteiger partial charge in [0.05, 0.1) is 37.5 Å². The number of rotatable bonds is 7. The standard InChI is InChI=1S/C17H19N3O5S/c1-4-25-12-6-7-13(15(9-12)20(21)22)18-17(26)19-14-8-5-11(23-2)10-16(14)24-3/h5-10H,4H2,1-3H3,(H2,18,19,26). The smallest absolute Gasteiger partial charge is 0.296 e. The van der Waals surface area contributed by atoms with E-state index in [4.69, 9.17) is 26.4 Å². The van der Waals surface area contributed by atoms with Crippen LogP contribution in [0.15, 0.2) is 36.4 Å². The van der Waals surface area contributed by atoms with Crippen LogP contribution in [0.5, 0.6) is 17.2 Å². The van der Waals surface area contributed by atoms with Crippen molar-refractivity contribution in [1.82, 2.24) is 0 Å². The minimum atomic E-state index is -0.499. The third kappa shape index (κ3) is 4.73. The van der Waals surface area contributed by atoms with Gasteiger partial charge in [-0.3, -0.25) is 10.1 Å². The number of methoxy groups -OCH3 is 2. The molecule has 2 N–H and O–H groups in total. The summed E-state index contributed by atoms with van der Waals surface area (Å²) in [5.41, 5.74) is 0.713. The van der Waals surface area contributed by atoms with Crippen LogP contribution in [0.4, 0.5) is 17.1 Å². The molecule has 0 heterocycles. The maximum Gasteiger partial charge on any atom is 0.296 e. The van der Waals surface area contributed by atoms with Crippen molar-refractivity contribution in [1.29, 1.82) is 0 Å². The zero-order valence-corrected chi connectivity index (χ0v) is 15.4. The second kappa shape index (κ2) is 8.86. The molecule has 0 aromatic heterocycles. The molecule has 0 amide bonds. The van der Waals surface area contributed by atoms with Crippen LogP contribution in [0.25, 0.3) is 0 Å². The summed E-state index contributed by atoms with van der Waals surface area (Å²) in [5, 5.41) is 17.3. The van der Waals surface area contributed by atoms with Crippen molar-refractivity contribution in [2.45, 2.75) is 6.92 Å². The number of nitro groups is 1. The Balaban J connectivity index is 2.18. The molecule has 2 aromatic rings. The van der Waals surface area contributed by atoms with Crippen molar-refractivity contribution >= 4 is 34.4 Å². The van der Waals surface area contributed by atoms with E-state index < -0.39 is 4.92 Å². The van der Waals surface area contributed by atoms with Crippen LogP contribution in [0, 0.1) is 10.1 Å². The first kappa shape index (κ1) is 19.3. The molecule has 0 saturated heterocycles. The number of thiocarbonyl (C=S) groups is 1. The fourth-order valence-corrected chi connectivity index (χ4v) is 2.42. The first-order valence-corrected chi connectivity index (χ1v) is 8.10. The summed E-state index contributed by atoms with van der Waals surface area (Å²) < 4.78 is 15.7. The zero-order chi connectivity index (χ0) is 19.1. The molecule has 0 saturated carbocycles. The topological polar surface area (TPSA) is 94.9 Å². The molecule has 0 aliphatic heterocycles. The van der Waals surface area contributed by atoms with Gasteiger partial charge in [0, 0.05) is 6.07 Å². The third-order valence-electron chi connectivity index (χ3n) is 3.38. The van der Waals surface area contributed by atoms with Crippen molar-refractivity contribution in [3.8, 4) is 17.2 Å². The average molecular weight is 377 g/mol. The molecule has 0 radical (unpaired) electrons. The summed E-state index contributed by atoms with van der Waals surface area (Å²) in [6.45, 7) is 2.22. The molecule has 0 aliphatic carbocycles. The molecule has 2 rings (SSSR count). The molecule has 138 valence electrons. The van der Waals surface area contributed by atoms with Crippen LogP contribution >= 0.6 is 12.2 Å². The summed E-state index contributed by atoms with van der Waals surface area (Å²) in [7, 11) is 3.08. The molecule has 0 spiro atoms. The van der Waals surface area contributed by atoms with Crippen molar-refractivity contribution in [2.75, 3.05) is 31.5 Å². The molecule has 9 heteroatoms. The highest BCUT2D eigenvalue weighted by Crippen LogP contribution is 2.31. The summed E-state index contributed by atoms with van der Waals surface area (Å²) in [6.07, 6.45) is 0. The second-order valence-corrected chi connectivity index (χ2v) is 5.42. The van der Waals surface area contributed by atoms with Gasteiger partial charge in [-0.25, -0.2) is 0 Å². The number of nitrogens with zero attached hydrogens (tertiary/aromatic N) is 1. The second-order valence-electron chi connectivity index (χ2n) is 5.01. The van der Waals surface area contributed by atoms with Crippen molar-refractivity contribution in [3.63, 3.8) is 0 Å². The number of benzene rings is 2. The largest absolute Gasteiger partial charge is 0.497 e. The fraction of sp³-hybridized carbons (Fsp3) is 0.235. The Kier molecular flexibility index (Phi) is 6.56. The van der Waals surface area contributed by atoms with Crippen molar-refractivity contribution in [2.24, 2.45) is 0 Å². The lowest BCUT2D eigenvalue weighted by atomic mass is 10.2. The molecule has 26 heavy (non-hydrogen) atoms. The molecule has 0 unspecified atom stereocenters. The van der Waals surface area contributed by atoms with Gasteiger partial charge in [-0.2, -0.15) is 0 Å². The van der Waals surface area contributed by atoms with E-state index in [1.807, 2.05) is 0 Å². The quantitative estimate of drug-likeness (QED) is 0.427. The van der Waals surface area contributed by atoms with Gasteiger partial charge < -0.3 is 24.8 Å². The van der Waals surface area contributed by atoms with Crippen LogP contribution in [0.3, 0.4) is 0 Å². The van der Waals surface area contributed by atoms with Crippen LogP contribution in [0.2, 0.25) is 0 Å². The number of anilines is 2. The summed E-state index contributed by atoms with van der Waals surface area (Å²) >= 11 is 5.25. The molecule has 0 bridgehead atoms. The van der Waals surface area contributed by atoms with E-state index in [0.29, 0.717) is 29.5 Å². The zero-order valence-electron chi connectivity index (χ0n) is 14.6. The predicted octanol–water partition coefficient (Wildman–Crippen LogP) is 3.82. The first-order valence-electron chi connectivity index (χ1n) is 7.69. The molecular weight excluding hydrogens is 358 g/mol. The maximum absolute atomic E-state index is 11.3. The van der Waals surface area contributed by atoms with E-state index in [1.165, 1.54) is 13.2 Å². The van der Waals surface area contributed by atoms with E-state index in [9.17, 15) is 10.1 Å². The minimum absolute atomic E-state index is 0.137. The molecule has 8 nitrogen and oxygen atoms in total. The fourth-order valence-electron chi connectivity index (χ4n) is 2.20. The maximum atomic E-state index is 11.3. The monoisotopic (exact) mass is 377 g/mol.